The molecule has 0 aromatic rings. The molecule has 7 heteroatoms. The molecular formula is C17H34N2O3SSi. The van der Waals surface area contributed by atoms with Gasteiger partial charge >= 0.3 is 6.09 Å². The Kier molecular flexibility index (Phi) is 6.86. The Bertz CT molecular complexity index is 465. The molecule has 2 N–H and O–H groups in total. The van der Waals surface area contributed by atoms with E-state index < -0.39 is 20.0 Å². The summed E-state index contributed by atoms with van der Waals surface area (Å²) in [7, 11) is -1.80. The van der Waals surface area contributed by atoms with Crippen LogP contribution in [-0.4, -0.2) is 37.8 Å². The third kappa shape index (κ3) is 7.48. The molecule has 0 aliphatic heterocycles. The molecule has 1 aliphatic carbocycles. The number of rotatable bonds is 5. The van der Waals surface area contributed by atoms with Crippen molar-refractivity contribution in [1.82, 2.24) is 10.6 Å². The second-order valence-electron chi connectivity index (χ2n) is 9.12. The van der Waals surface area contributed by atoms with E-state index >= 15 is 0 Å². The van der Waals surface area contributed by atoms with Gasteiger partial charge in [-0.25, -0.2) is 4.79 Å². The van der Waals surface area contributed by atoms with Gasteiger partial charge in [-0.15, -0.1) is 0 Å². The second kappa shape index (κ2) is 7.70. The number of amides is 1. The normalized spacial score (nSPS) is 17.2. The molecule has 1 amide bonds. The van der Waals surface area contributed by atoms with E-state index in [0.29, 0.717) is 17.6 Å². The minimum Gasteiger partial charge on any atom is -0.444 e. The van der Waals surface area contributed by atoms with Crippen LogP contribution in [0.3, 0.4) is 0 Å². The Balaban J connectivity index is 2.52. The van der Waals surface area contributed by atoms with Crippen LogP contribution < -0.4 is 10.6 Å². The van der Waals surface area contributed by atoms with Crippen molar-refractivity contribution in [3.8, 4) is 0 Å². The Morgan fingerprint density at radius 3 is 2.17 bits per heavy atom. The highest BCUT2D eigenvalue weighted by Gasteiger charge is 2.39. The zero-order valence-electron chi connectivity index (χ0n) is 16.4. The molecule has 0 radical (unpaired) electrons. The van der Waals surface area contributed by atoms with Gasteiger partial charge in [0, 0.05) is 0 Å². The van der Waals surface area contributed by atoms with Gasteiger partial charge in [0.2, 0.25) is 0 Å². The monoisotopic (exact) mass is 374 g/mol. The quantitative estimate of drug-likeness (QED) is 0.558. The van der Waals surface area contributed by atoms with Gasteiger partial charge in [-0.3, -0.25) is 5.32 Å². The number of nitrogens with one attached hydrogen (secondary N) is 2. The lowest BCUT2D eigenvalue weighted by molar-refractivity contribution is 0.0562. The van der Waals surface area contributed by atoms with Crippen LogP contribution in [0.15, 0.2) is 0 Å². The highest BCUT2D eigenvalue weighted by Crippen LogP contribution is 2.38. The van der Waals surface area contributed by atoms with Crippen LogP contribution in [0.1, 0.15) is 54.4 Å². The lowest BCUT2D eigenvalue weighted by Crippen LogP contribution is -2.50. The number of hydrogen-bond acceptors (Lipinski definition) is 4. The van der Waals surface area contributed by atoms with Crippen LogP contribution >= 0.6 is 12.2 Å². The fourth-order valence-electron chi connectivity index (χ4n) is 1.91. The minimum absolute atomic E-state index is 0.140. The fourth-order valence-corrected chi connectivity index (χ4v) is 3.17. The van der Waals surface area contributed by atoms with Gasteiger partial charge in [-0.1, -0.05) is 20.8 Å². The summed E-state index contributed by atoms with van der Waals surface area (Å²) in [6, 6.07) is 0.140. The predicted molar refractivity (Wildman–Crippen MR) is 105 cm³/mol. The molecule has 1 rings (SSSR count). The Labute approximate surface area is 153 Å². The summed E-state index contributed by atoms with van der Waals surface area (Å²) >= 11 is 5.26. The molecule has 1 unspecified atom stereocenters. The van der Waals surface area contributed by atoms with Crippen molar-refractivity contribution in [2.75, 3.05) is 6.61 Å². The third-order valence-corrected chi connectivity index (χ3v) is 9.27. The van der Waals surface area contributed by atoms with Crippen LogP contribution in [0.5, 0.6) is 0 Å². The maximum absolute atomic E-state index is 11.8. The SMILES string of the molecule is CC(C)(C)OC(=O)NC(=S)NC(CO[Si](C)(C)C(C)(C)C)C1CC1. The van der Waals surface area contributed by atoms with Crippen LogP contribution in [0.4, 0.5) is 4.79 Å². The summed E-state index contributed by atoms with van der Waals surface area (Å²) in [5.74, 6) is 0.563. The summed E-state index contributed by atoms with van der Waals surface area (Å²) < 4.78 is 11.5. The molecule has 0 spiro atoms. The van der Waals surface area contributed by atoms with Crippen molar-refractivity contribution < 1.29 is 14.0 Å². The van der Waals surface area contributed by atoms with Gasteiger partial charge in [-0.05, 0) is 69.9 Å². The van der Waals surface area contributed by atoms with Crippen LogP contribution in [-0.2, 0) is 9.16 Å². The molecule has 24 heavy (non-hydrogen) atoms. The van der Waals surface area contributed by atoms with Gasteiger partial charge in [0.25, 0.3) is 0 Å². The average Bonchev–Trinajstić information content (AvgIpc) is 3.14. The molecule has 1 aliphatic rings. The molecule has 140 valence electrons. The summed E-state index contributed by atoms with van der Waals surface area (Å²) in [5, 5.41) is 6.31. The average molecular weight is 375 g/mol. The summed E-state index contributed by atoms with van der Waals surface area (Å²) in [6.45, 7) is 17.3. The minimum atomic E-state index is -1.80. The molecule has 0 saturated heterocycles. The first kappa shape index (κ1) is 21.4. The lowest BCUT2D eigenvalue weighted by atomic mass is 10.2. The van der Waals surface area contributed by atoms with Crippen LogP contribution in [0.25, 0.3) is 0 Å². The lowest BCUT2D eigenvalue weighted by Gasteiger charge is -2.37. The highest BCUT2D eigenvalue weighted by molar-refractivity contribution is 7.80. The maximum Gasteiger partial charge on any atom is 0.413 e. The van der Waals surface area contributed by atoms with E-state index in [1.54, 1.807) is 0 Å². The molecule has 0 aromatic carbocycles. The molecule has 0 heterocycles. The number of hydrogen-bond donors (Lipinski definition) is 2. The first-order valence-corrected chi connectivity index (χ1v) is 12.0. The smallest absolute Gasteiger partial charge is 0.413 e. The van der Waals surface area contributed by atoms with Crippen molar-refractivity contribution in [3.05, 3.63) is 0 Å². The number of carbonyl (C=O) groups excluding carboxylic acids is 1. The summed E-state index contributed by atoms with van der Waals surface area (Å²) in [6.07, 6.45) is 1.82. The summed E-state index contributed by atoms with van der Waals surface area (Å²) in [4.78, 5) is 11.8. The number of alkyl carbamates (subject to hydrolysis) is 1. The van der Waals surface area contributed by atoms with Gasteiger partial charge in [0.1, 0.15) is 5.60 Å². The number of ether oxygens (including phenoxy) is 1. The zero-order valence-corrected chi connectivity index (χ0v) is 18.2. The van der Waals surface area contributed by atoms with E-state index in [1.807, 2.05) is 20.8 Å². The largest absolute Gasteiger partial charge is 0.444 e. The molecule has 0 aromatic heterocycles. The van der Waals surface area contributed by atoms with Crippen molar-refractivity contribution in [3.63, 3.8) is 0 Å². The maximum atomic E-state index is 11.8. The zero-order chi connectivity index (χ0) is 18.8. The molecule has 5 nitrogen and oxygen atoms in total. The summed E-state index contributed by atoms with van der Waals surface area (Å²) in [5.41, 5.74) is -0.541. The molecule has 1 atom stereocenters. The molecule has 0 bridgehead atoms. The van der Waals surface area contributed by atoms with Gasteiger partial charge < -0.3 is 14.5 Å². The van der Waals surface area contributed by atoms with E-state index in [1.165, 1.54) is 12.8 Å². The van der Waals surface area contributed by atoms with E-state index in [-0.39, 0.29) is 11.1 Å². The van der Waals surface area contributed by atoms with Gasteiger partial charge in [0.05, 0.1) is 12.6 Å². The fraction of sp³-hybridized carbons (Fsp3) is 0.882. The Morgan fingerprint density at radius 2 is 1.75 bits per heavy atom. The van der Waals surface area contributed by atoms with Gasteiger partial charge in [-0.2, -0.15) is 0 Å². The highest BCUT2D eigenvalue weighted by atomic mass is 32.1. The first-order chi connectivity index (χ1) is 10.7. The number of thiocarbonyl (C=S) groups is 1. The van der Waals surface area contributed by atoms with Crippen molar-refractivity contribution in [2.45, 2.75) is 84.2 Å². The van der Waals surface area contributed by atoms with Crippen molar-refractivity contribution in [1.29, 1.82) is 0 Å². The Morgan fingerprint density at radius 1 is 1.21 bits per heavy atom. The topological polar surface area (TPSA) is 59.6 Å². The third-order valence-electron chi connectivity index (χ3n) is 4.55. The number of carbonyl (C=O) groups is 1. The standard InChI is InChI=1S/C17H34N2O3SSi/c1-16(2,3)22-15(20)19-14(23)18-13(12-9-10-12)11-21-24(7,8)17(4,5)6/h12-13H,9-11H2,1-8H3,(H2,18,19,20,23). The first-order valence-electron chi connectivity index (χ1n) is 8.66. The van der Waals surface area contributed by atoms with E-state index in [9.17, 15) is 4.79 Å². The van der Waals surface area contributed by atoms with Gasteiger partial charge in [0.15, 0.2) is 13.4 Å². The second-order valence-corrected chi connectivity index (χ2v) is 14.3. The van der Waals surface area contributed by atoms with Crippen molar-refractivity contribution in [2.24, 2.45) is 5.92 Å². The Hall–Kier alpha value is -0.663. The van der Waals surface area contributed by atoms with Crippen molar-refractivity contribution >= 4 is 31.7 Å². The van der Waals surface area contributed by atoms with Crippen LogP contribution in [0, 0.1) is 5.92 Å². The van der Waals surface area contributed by atoms with E-state index in [0.717, 1.165) is 0 Å². The molecule has 1 saturated carbocycles. The van der Waals surface area contributed by atoms with Crippen LogP contribution in [0.2, 0.25) is 18.1 Å². The molecular weight excluding hydrogens is 340 g/mol. The van der Waals surface area contributed by atoms with E-state index in [2.05, 4.69) is 44.5 Å². The van der Waals surface area contributed by atoms with E-state index in [4.69, 9.17) is 21.4 Å². The molecule has 1 fully saturated rings. The predicted octanol–water partition coefficient (Wildman–Crippen LogP) is 4.19.